The van der Waals surface area contributed by atoms with E-state index in [-0.39, 0.29) is 18.1 Å². The van der Waals surface area contributed by atoms with E-state index in [0.717, 1.165) is 22.1 Å². The van der Waals surface area contributed by atoms with E-state index in [1.54, 1.807) is 4.90 Å². The van der Waals surface area contributed by atoms with Crippen molar-refractivity contribution in [1.29, 1.82) is 0 Å². The molecule has 0 aliphatic carbocycles. The van der Waals surface area contributed by atoms with Crippen molar-refractivity contribution in [2.24, 2.45) is 0 Å². The first-order valence-electron chi connectivity index (χ1n) is 6.51. The number of carboxylic acid groups (broad SMARTS) is 1. The molecule has 110 valence electrons. The first-order chi connectivity index (χ1) is 10.0. The van der Waals surface area contributed by atoms with Crippen LogP contribution in [0.4, 0.5) is 5.69 Å². The monoisotopic (exact) mass is 288 g/mol. The van der Waals surface area contributed by atoms with Gasteiger partial charge < -0.3 is 10.0 Å². The van der Waals surface area contributed by atoms with E-state index in [2.05, 4.69) is 10.3 Å². The highest BCUT2D eigenvalue weighted by molar-refractivity contribution is 5.94. The minimum absolute atomic E-state index is 0.108. The normalized spacial score (nSPS) is 10.4. The maximum atomic E-state index is 12.4. The molecule has 7 heteroatoms. The molecule has 0 unspecified atom stereocenters. The van der Waals surface area contributed by atoms with Gasteiger partial charge in [0.25, 0.3) is 0 Å². The molecule has 0 saturated heterocycles. The molecular weight excluding hydrogens is 272 g/mol. The number of aromatic nitrogens is 3. The summed E-state index contributed by atoms with van der Waals surface area (Å²) in [5.41, 5.74) is 1.72. The highest BCUT2D eigenvalue weighted by Crippen LogP contribution is 2.16. The zero-order chi connectivity index (χ0) is 15.4. The topological polar surface area (TPSA) is 88.3 Å². The number of benzene rings is 1. The number of carbonyl (C=O) groups is 2. The summed E-state index contributed by atoms with van der Waals surface area (Å²) in [6, 6.07) is 7.56. The van der Waals surface area contributed by atoms with Crippen molar-refractivity contribution >= 4 is 17.6 Å². The van der Waals surface area contributed by atoms with Gasteiger partial charge in [-0.1, -0.05) is 17.3 Å². The van der Waals surface area contributed by atoms with Gasteiger partial charge in [-0.25, -0.2) is 9.48 Å². The number of hydrogen-bond acceptors (Lipinski definition) is 4. The lowest BCUT2D eigenvalue weighted by atomic mass is 10.2. The third kappa shape index (κ3) is 3.25. The standard InChI is InChI=1S/C14H16N4O3/c1-3-17(11-6-4-5-10(2)7-11)13(19)9-18-12(14(20)21)8-15-16-18/h4-8H,3,9H2,1-2H3,(H,20,21). The van der Waals surface area contributed by atoms with Gasteiger partial charge in [0.05, 0.1) is 6.20 Å². The Balaban J connectivity index is 2.21. The summed E-state index contributed by atoms with van der Waals surface area (Å²) in [6.07, 6.45) is 1.12. The van der Waals surface area contributed by atoms with Crippen molar-refractivity contribution in [1.82, 2.24) is 15.0 Å². The Morgan fingerprint density at radius 1 is 1.38 bits per heavy atom. The predicted octanol–water partition coefficient (Wildman–Crippen LogP) is 1.34. The lowest BCUT2D eigenvalue weighted by Crippen LogP contribution is -2.34. The van der Waals surface area contributed by atoms with E-state index in [0.29, 0.717) is 6.54 Å². The molecule has 1 heterocycles. The number of likely N-dealkylation sites (N-methyl/N-ethyl adjacent to an activating group) is 1. The van der Waals surface area contributed by atoms with Crippen LogP contribution >= 0.6 is 0 Å². The Morgan fingerprint density at radius 2 is 2.14 bits per heavy atom. The van der Waals surface area contributed by atoms with Crippen LogP contribution in [0.5, 0.6) is 0 Å². The first kappa shape index (κ1) is 14.7. The molecule has 0 aliphatic rings. The van der Waals surface area contributed by atoms with Crippen LogP contribution in [0.3, 0.4) is 0 Å². The highest BCUT2D eigenvalue weighted by Gasteiger charge is 2.19. The predicted molar refractivity (Wildman–Crippen MR) is 76.2 cm³/mol. The third-order valence-corrected chi connectivity index (χ3v) is 3.05. The van der Waals surface area contributed by atoms with Gasteiger partial charge in [0.1, 0.15) is 6.54 Å². The fourth-order valence-corrected chi connectivity index (χ4v) is 2.05. The summed E-state index contributed by atoms with van der Waals surface area (Å²) in [7, 11) is 0. The van der Waals surface area contributed by atoms with Crippen molar-refractivity contribution in [3.8, 4) is 0 Å². The zero-order valence-electron chi connectivity index (χ0n) is 11.9. The molecule has 21 heavy (non-hydrogen) atoms. The van der Waals surface area contributed by atoms with E-state index in [9.17, 15) is 9.59 Å². The fraction of sp³-hybridized carbons (Fsp3) is 0.286. The fourth-order valence-electron chi connectivity index (χ4n) is 2.05. The van der Waals surface area contributed by atoms with Gasteiger partial charge in [-0.05, 0) is 31.5 Å². The minimum atomic E-state index is -1.16. The Bertz CT molecular complexity index is 666. The van der Waals surface area contributed by atoms with Crippen LogP contribution < -0.4 is 4.90 Å². The van der Waals surface area contributed by atoms with Crippen LogP contribution in [0.15, 0.2) is 30.5 Å². The molecule has 2 rings (SSSR count). The number of amides is 1. The number of carbonyl (C=O) groups excluding carboxylic acids is 1. The number of aryl methyl sites for hydroxylation is 1. The maximum Gasteiger partial charge on any atom is 0.355 e. The summed E-state index contributed by atoms with van der Waals surface area (Å²) >= 11 is 0. The molecule has 0 spiro atoms. The van der Waals surface area contributed by atoms with Crippen LogP contribution in [-0.4, -0.2) is 38.5 Å². The molecule has 7 nitrogen and oxygen atoms in total. The van der Waals surface area contributed by atoms with Gasteiger partial charge >= 0.3 is 5.97 Å². The average molecular weight is 288 g/mol. The molecule has 0 aliphatic heterocycles. The molecule has 1 aromatic heterocycles. The summed E-state index contributed by atoms with van der Waals surface area (Å²) in [4.78, 5) is 24.9. The van der Waals surface area contributed by atoms with Crippen LogP contribution in [0.2, 0.25) is 0 Å². The van der Waals surface area contributed by atoms with E-state index >= 15 is 0 Å². The SMILES string of the molecule is CCN(C(=O)Cn1nncc1C(=O)O)c1cccc(C)c1. The second kappa shape index (κ2) is 6.17. The Kier molecular flexibility index (Phi) is 4.32. The Labute approximate surface area is 121 Å². The smallest absolute Gasteiger partial charge is 0.355 e. The molecular formula is C14H16N4O3. The maximum absolute atomic E-state index is 12.4. The molecule has 1 N–H and O–H groups in total. The number of rotatable bonds is 5. The van der Waals surface area contributed by atoms with Crippen molar-refractivity contribution < 1.29 is 14.7 Å². The second-order valence-corrected chi connectivity index (χ2v) is 4.56. The largest absolute Gasteiger partial charge is 0.476 e. The highest BCUT2D eigenvalue weighted by atomic mass is 16.4. The van der Waals surface area contributed by atoms with Crippen LogP contribution in [0, 0.1) is 6.92 Å². The van der Waals surface area contributed by atoms with Crippen molar-refractivity contribution in [3.63, 3.8) is 0 Å². The third-order valence-electron chi connectivity index (χ3n) is 3.05. The van der Waals surface area contributed by atoms with E-state index < -0.39 is 5.97 Å². The van der Waals surface area contributed by atoms with Gasteiger partial charge in [-0.3, -0.25) is 4.79 Å². The van der Waals surface area contributed by atoms with Crippen molar-refractivity contribution in [3.05, 3.63) is 41.7 Å². The Morgan fingerprint density at radius 3 is 2.76 bits per heavy atom. The van der Waals surface area contributed by atoms with Crippen molar-refractivity contribution in [2.75, 3.05) is 11.4 Å². The quantitative estimate of drug-likeness (QED) is 0.896. The molecule has 0 atom stereocenters. The van der Waals surface area contributed by atoms with Gasteiger partial charge in [0, 0.05) is 12.2 Å². The number of hydrogen-bond donors (Lipinski definition) is 1. The molecule has 0 bridgehead atoms. The first-order valence-corrected chi connectivity index (χ1v) is 6.51. The number of nitrogens with zero attached hydrogens (tertiary/aromatic N) is 4. The summed E-state index contributed by atoms with van der Waals surface area (Å²) in [5, 5.41) is 16.2. The molecule has 1 amide bonds. The van der Waals surface area contributed by atoms with Crippen LogP contribution in [0.1, 0.15) is 23.0 Å². The summed E-state index contributed by atoms with van der Waals surface area (Å²) in [5.74, 6) is -1.40. The zero-order valence-corrected chi connectivity index (χ0v) is 11.9. The van der Waals surface area contributed by atoms with Gasteiger partial charge in [-0.15, -0.1) is 5.10 Å². The van der Waals surface area contributed by atoms with Crippen molar-refractivity contribution in [2.45, 2.75) is 20.4 Å². The average Bonchev–Trinajstić information content (AvgIpc) is 2.88. The lowest BCUT2D eigenvalue weighted by Gasteiger charge is -2.21. The van der Waals surface area contributed by atoms with Gasteiger partial charge in [-0.2, -0.15) is 0 Å². The van der Waals surface area contributed by atoms with E-state index in [1.807, 2.05) is 38.1 Å². The molecule has 0 radical (unpaired) electrons. The summed E-state index contributed by atoms with van der Waals surface area (Å²) < 4.78 is 1.09. The van der Waals surface area contributed by atoms with E-state index in [4.69, 9.17) is 5.11 Å². The second-order valence-electron chi connectivity index (χ2n) is 4.56. The molecule has 0 fully saturated rings. The number of aromatic carboxylic acids is 1. The van der Waals surface area contributed by atoms with Gasteiger partial charge in [0.2, 0.25) is 5.91 Å². The minimum Gasteiger partial charge on any atom is -0.476 e. The number of anilines is 1. The van der Waals surface area contributed by atoms with Crippen LogP contribution in [-0.2, 0) is 11.3 Å². The number of carboxylic acids is 1. The summed E-state index contributed by atoms with van der Waals surface area (Å²) in [6.45, 7) is 4.13. The van der Waals surface area contributed by atoms with Gasteiger partial charge in [0.15, 0.2) is 5.69 Å². The molecule has 2 aromatic rings. The lowest BCUT2D eigenvalue weighted by molar-refractivity contribution is -0.119. The Hall–Kier alpha value is -2.70. The van der Waals surface area contributed by atoms with E-state index in [1.165, 1.54) is 0 Å². The molecule has 0 saturated carbocycles. The molecule has 1 aromatic carbocycles. The van der Waals surface area contributed by atoms with Crippen LogP contribution in [0.25, 0.3) is 0 Å².